The maximum absolute atomic E-state index is 10.1. The summed E-state index contributed by atoms with van der Waals surface area (Å²) >= 11 is 0. The second kappa shape index (κ2) is 4.30. The van der Waals surface area contributed by atoms with Gasteiger partial charge in [-0.1, -0.05) is 30.3 Å². The number of benzene rings is 1. The third kappa shape index (κ3) is 1.96. The van der Waals surface area contributed by atoms with E-state index in [0.29, 0.717) is 5.92 Å². The number of aliphatic hydroxyl groups excluding tert-OH is 1. The van der Waals surface area contributed by atoms with Crippen molar-refractivity contribution in [3.63, 3.8) is 0 Å². The maximum atomic E-state index is 10.1. The molecule has 1 aromatic heterocycles. The van der Waals surface area contributed by atoms with Gasteiger partial charge < -0.3 is 5.11 Å². The van der Waals surface area contributed by atoms with Gasteiger partial charge in [-0.3, -0.25) is 4.98 Å². The first-order valence-corrected chi connectivity index (χ1v) is 6.01. The minimum absolute atomic E-state index is 0.449. The summed E-state index contributed by atoms with van der Waals surface area (Å²) in [6.45, 7) is 0. The summed E-state index contributed by atoms with van der Waals surface area (Å²) in [5.74, 6) is 0.489. The van der Waals surface area contributed by atoms with E-state index < -0.39 is 6.10 Å². The molecule has 0 bridgehead atoms. The van der Waals surface area contributed by atoms with Gasteiger partial charge in [-0.2, -0.15) is 0 Å². The number of fused-ring (bicyclic) bond motifs is 1. The smallest absolute Gasteiger partial charge is 0.0965 e. The molecule has 2 atom stereocenters. The molecule has 0 saturated heterocycles. The average molecular weight is 225 g/mol. The van der Waals surface area contributed by atoms with Crippen LogP contribution >= 0.6 is 0 Å². The summed E-state index contributed by atoms with van der Waals surface area (Å²) in [7, 11) is 0. The Bertz CT molecular complexity index is 509. The molecule has 17 heavy (non-hydrogen) atoms. The van der Waals surface area contributed by atoms with Gasteiger partial charge in [0.15, 0.2) is 0 Å². The largest absolute Gasteiger partial charge is 0.387 e. The van der Waals surface area contributed by atoms with Gasteiger partial charge >= 0.3 is 0 Å². The van der Waals surface area contributed by atoms with Gasteiger partial charge in [-0.25, -0.2) is 0 Å². The zero-order valence-corrected chi connectivity index (χ0v) is 9.58. The predicted octanol–water partition coefficient (Wildman–Crippen LogP) is 2.85. The van der Waals surface area contributed by atoms with Crippen LogP contribution in [0.15, 0.2) is 48.7 Å². The first-order valence-electron chi connectivity index (χ1n) is 6.01. The number of pyridine rings is 1. The molecule has 1 heterocycles. The molecular weight excluding hydrogens is 210 g/mol. The van der Waals surface area contributed by atoms with Crippen LogP contribution in [0.25, 0.3) is 0 Å². The van der Waals surface area contributed by atoms with E-state index in [1.165, 1.54) is 11.1 Å². The minimum Gasteiger partial charge on any atom is -0.387 e. The van der Waals surface area contributed by atoms with Crippen molar-refractivity contribution in [1.82, 2.24) is 4.98 Å². The molecule has 0 amide bonds. The van der Waals surface area contributed by atoms with E-state index >= 15 is 0 Å². The van der Waals surface area contributed by atoms with Crippen LogP contribution in [0, 0.1) is 0 Å². The maximum Gasteiger partial charge on any atom is 0.0965 e. The monoisotopic (exact) mass is 225 g/mol. The average Bonchev–Trinajstić information content (AvgIpc) is 2.37. The molecule has 2 aromatic rings. The van der Waals surface area contributed by atoms with E-state index in [-0.39, 0.29) is 0 Å². The lowest BCUT2D eigenvalue weighted by Crippen LogP contribution is -2.19. The number of hydrogen-bond acceptors (Lipinski definition) is 2. The SMILES string of the molecule is OC(CC1Cc2ccccc21)c1ccccn1. The number of rotatable bonds is 3. The van der Waals surface area contributed by atoms with Gasteiger partial charge in [0, 0.05) is 6.20 Å². The molecule has 0 saturated carbocycles. The fraction of sp³-hybridized carbons (Fsp3) is 0.267. The van der Waals surface area contributed by atoms with Gasteiger partial charge in [0.2, 0.25) is 0 Å². The van der Waals surface area contributed by atoms with Crippen LogP contribution in [0.2, 0.25) is 0 Å². The van der Waals surface area contributed by atoms with Crippen molar-refractivity contribution < 1.29 is 5.11 Å². The molecule has 1 aromatic carbocycles. The normalized spacial score (nSPS) is 19.2. The van der Waals surface area contributed by atoms with E-state index in [9.17, 15) is 5.11 Å². The van der Waals surface area contributed by atoms with E-state index in [1.54, 1.807) is 6.20 Å². The lowest BCUT2D eigenvalue weighted by Gasteiger charge is -2.31. The van der Waals surface area contributed by atoms with E-state index in [2.05, 4.69) is 29.2 Å². The molecule has 0 radical (unpaired) electrons. The molecule has 0 aliphatic heterocycles. The molecule has 1 N–H and O–H groups in total. The summed E-state index contributed by atoms with van der Waals surface area (Å²) in [5, 5.41) is 10.1. The number of aliphatic hydroxyl groups is 1. The quantitative estimate of drug-likeness (QED) is 0.871. The van der Waals surface area contributed by atoms with Gasteiger partial charge in [-0.05, 0) is 42.0 Å². The lowest BCUT2D eigenvalue weighted by molar-refractivity contribution is 0.149. The van der Waals surface area contributed by atoms with Crippen molar-refractivity contribution in [2.45, 2.75) is 24.9 Å². The summed E-state index contributed by atoms with van der Waals surface area (Å²) < 4.78 is 0. The second-order valence-corrected chi connectivity index (χ2v) is 4.61. The third-order valence-corrected chi connectivity index (χ3v) is 3.50. The first kappa shape index (κ1) is 10.5. The molecular formula is C15H15NO. The molecule has 86 valence electrons. The summed E-state index contributed by atoms with van der Waals surface area (Å²) in [5.41, 5.74) is 3.59. The molecule has 1 aliphatic rings. The Morgan fingerprint density at radius 2 is 2.00 bits per heavy atom. The topological polar surface area (TPSA) is 33.1 Å². The molecule has 2 nitrogen and oxygen atoms in total. The summed E-state index contributed by atoms with van der Waals surface area (Å²) in [6, 6.07) is 14.1. The second-order valence-electron chi connectivity index (χ2n) is 4.61. The number of hydrogen-bond donors (Lipinski definition) is 1. The Labute approximate surface area is 101 Å². The third-order valence-electron chi connectivity index (χ3n) is 3.50. The first-order chi connectivity index (χ1) is 8.34. The van der Waals surface area contributed by atoms with E-state index in [1.807, 2.05) is 18.2 Å². The highest BCUT2D eigenvalue weighted by Crippen LogP contribution is 2.40. The van der Waals surface area contributed by atoms with Gasteiger partial charge in [0.25, 0.3) is 0 Å². The molecule has 0 fully saturated rings. The van der Waals surface area contributed by atoms with Crippen molar-refractivity contribution in [3.05, 3.63) is 65.5 Å². The van der Waals surface area contributed by atoms with E-state index in [4.69, 9.17) is 0 Å². The fourth-order valence-electron chi connectivity index (χ4n) is 2.54. The van der Waals surface area contributed by atoms with Gasteiger partial charge in [0.05, 0.1) is 11.8 Å². The highest BCUT2D eigenvalue weighted by molar-refractivity contribution is 5.40. The Kier molecular flexibility index (Phi) is 2.65. The van der Waals surface area contributed by atoms with Crippen molar-refractivity contribution in [1.29, 1.82) is 0 Å². The highest BCUT2D eigenvalue weighted by atomic mass is 16.3. The van der Waals surface area contributed by atoms with Crippen molar-refractivity contribution in [3.8, 4) is 0 Å². The Morgan fingerprint density at radius 1 is 1.18 bits per heavy atom. The van der Waals surface area contributed by atoms with Crippen LogP contribution in [0.4, 0.5) is 0 Å². The highest BCUT2D eigenvalue weighted by Gasteiger charge is 2.28. The van der Waals surface area contributed by atoms with Gasteiger partial charge in [0.1, 0.15) is 0 Å². The molecule has 2 unspecified atom stereocenters. The van der Waals surface area contributed by atoms with Crippen molar-refractivity contribution in [2.24, 2.45) is 0 Å². The van der Waals surface area contributed by atoms with Crippen LogP contribution in [0.1, 0.15) is 35.3 Å². The van der Waals surface area contributed by atoms with Crippen LogP contribution in [0.5, 0.6) is 0 Å². The lowest BCUT2D eigenvalue weighted by atomic mass is 9.74. The molecule has 3 rings (SSSR count). The number of nitrogens with zero attached hydrogens (tertiary/aromatic N) is 1. The Balaban J connectivity index is 1.70. The Hall–Kier alpha value is -1.67. The minimum atomic E-state index is -0.449. The van der Waals surface area contributed by atoms with Crippen LogP contribution < -0.4 is 0 Å². The Morgan fingerprint density at radius 3 is 2.76 bits per heavy atom. The van der Waals surface area contributed by atoms with Crippen LogP contribution in [-0.4, -0.2) is 10.1 Å². The molecule has 1 aliphatic carbocycles. The summed E-state index contributed by atoms with van der Waals surface area (Å²) in [6.07, 6.45) is 3.14. The standard InChI is InChI=1S/C15H15NO/c17-15(14-7-3-4-8-16-14)10-12-9-11-5-1-2-6-13(11)12/h1-8,12,15,17H,9-10H2. The summed E-state index contributed by atoms with van der Waals surface area (Å²) in [4.78, 5) is 4.20. The van der Waals surface area contributed by atoms with E-state index in [0.717, 1.165) is 18.5 Å². The van der Waals surface area contributed by atoms with Crippen LogP contribution in [0.3, 0.4) is 0 Å². The molecule has 2 heteroatoms. The fourth-order valence-corrected chi connectivity index (χ4v) is 2.54. The number of aromatic nitrogens is 1. The van der Waals surface area contributed by atoms with Crippen molar-refractivity contribution >= 4 is 0 Å². The predicted molar refractivity (Wildman–Crippen MR) is 66.7 cm³/mol. The van der Waals surface area contributed by atoms with Crippen LogP contribution in [-0.2, 0) is 6.42 Å². The molecule has 0 spiro atoms. The zero-order valence-electron chi connectivity index (χ0n) is 9.58. The zero-order chi connectivity index (χ0) is 11.7. The van der Waals surface area contributed by atoms with Gasteiger partial charge in [-0.15, -0.1) is 0 Å². The van der Waals surface area contributed by atoms with Crippen molar-refractivity contribution in [2.75, 3.05) is 0 Å².